The molecule has 0 radical (unpaired) electrons. The van der Waals surface area contributed by atoms with Gasteiger partial charge in [0, 0.05) is 10.9 Å². The van der Waals surface area contributed by atoms with Crippen LogP contribution in [0.3, 0.4) is 0 Å². The van der Waals surface area contributed by atoms with Gasteiger partial charge in [0.2, 0.25) is 0 Å². The van der Waals surface area contributed by atoms with Crippen molar-refractivity contribution in [3.8, 4) is 17.1 Å². The van der Waals surface area contributed by atoms with Crippen molar-refractivity contribution >= 4 is 22.9 Å². The summed E-state index contributed by atoms with van der Waals surface area (Å²) in [6.45, 7) is 0. The van der Waals surface area contributed by atoms with E-state index in [1.807, 2.05) is 48.5 Å². The maximum Gasteiger partial charge on any atom is 0.165 e. The number of benzene rings is 3. The maximum absolute atomic E-state index is 14.2. The minimum Gasteiger partial charge on any atom is -0.496 e. The maximum atomic E-state index is 14.2. The number of hydrogen-bond donors (Lipinski definition) is 1. The molecule has 0 saturated heterocycles. The second-order valence-electron chi connectivity index (χ2n) is 6.00. The van der Waals surface area contributed by atoms with Gasteiger partial charge in [-0.1, -0.05) is 36.4 Å². The molecule has 1 N–H and O–H groups in total. The lowest BCUT2D eigenvalue weighted by atomic mass is 10.1. The van der Waals surface area contributed by atoms with E-state index in [9.17, 15) is 4.39 Å². The number of hydrazone groups is 1. The lowest BCUT2D eigenvalue weighted by Gasteiger charge is -2.09. The van der Waals surface area contributed by atoms with Gasteiger partial charge in [0.15, 0.2) is 11.6 Å². The molecule has 0 saturated carbocycles. The van der Waals surface area contributed by atoms with Crippen LogP contribution >= 0.6 is 0 Å². The Bertz CT molecular complexity index is 1160. The molecule has 1 aromatic heterocycles. The highest BCUT2D eigenvalue weighted by molar-refractivity contribution is 5.91. The Morgan fingerprint density at radius 1 is 0.929 bits per heavy atom. The topological polar surface area (TPSA) is 59.4 Å². The molecule has 0 aliphatic carbocycles. The molecule has 0 spiro atoms. The first kappa shape index (κ1) is 17.6. The molecule has 28 heavy (non-hydrogen) atoms. The summed E-state index contributed by atoms with van der Waals surface area (Å²) in [6, 6.07) is 21.5. The predicted molar refractivity (Wildman–Crippen MR) is 109 cm³/mol. The first-order valence-corrected chi connectivity index (χ1v) is 8.70. The van der Waals surface area contributed by atoms with Gasteiger partial charge in [0.05, 0.1) is 24.4 Å². The average Bonchev–Trinajstić information content (AvgIpc) is 2.74. The molecule has 0 unspecified atom stereocenters. The van der Waals surface area contributed by atoms with Gasteiger partial charge in [-0.05, 0) is 36.4 Å². The standard InChI is InChI=1S/C22H17FN4O/c1-28-20-13-7-2-8-15(20)14-24-27-22-17-10-4-6-12-19(17)25-21(26-22)16-9-3-5-11-18(16)23/h2-14H,1H3,(H,25,26,27)/b24-14+. The minimum atomic E-state index is -0.374. The molecule has 0 aliphatic heterocycles. The lowest BCUT2D eigenvalue weighted by Crippen LogP contribution is -2.00. The fourth-order valence-electron chi connectivity index (χ4n) is 2.86. The van der Waals surface area contributed by atoms with Gasteiger partial charge in [-0.15, -0.1) is 0 Å². The summed E-state index contributed by atoms with van der Waals surface area (Å²) >= 11 is 0. The zero-order valence-corrected chi connectivity index (χ0v) is 15.1. The molecule has 1 heterocycles. The number of anilines is 1. The van der Waals surface area contributed by atoms with Gasteiger partial charge in [0.1, 0.15) is 11.6 Å². The third kappa shape index (κ3) is 3.53. The van der Waals surface area contributed by atoms with E-state index in [1.54, 1.807) is 31.5 Å². The van der Waals surface area contributed by atoms with Crippen LogP contribution in [-0.2, 0) is 0 Å². The molecule has 0 aliphatic rings. The van der Waals surface area contributed by atoms with Crippen LogP contribution in [0.15, 0.2) is 77.9 Å². The Morgan fingerprint density at radius 2 is 1.68 bits per heavy atom. The molecule has 0 atom stereocenters. The number of methoxy groups -OCH3 is 1. The summed E-state index contributed by atoms with van der Waals surface area (Å²) in [5.74, 6) is 1.13. The Kier molecular flexibility index (Phi) is 4.93. The molecule has 4 aromatic rings. The van der Waals surface area contributed by atoms with Crippen molar-refractivity contribution in [1.29, 1.82) is 0 Å². The van der Waals surface area contributed by atoms with E-state index in [2.05, 4.69) is 20.5 Å². The van der Waals surface area contributed by atoms with E-state index in [1.165, 1.54) is 6.07 Å². The lowest BCUT2D eigenvalue weighted by molar-refractivity contribution is 0.414. The number of para-hydroxylation sites is 2. The van der Waals surface area contributed by atoms with E-state index in [0.29, 0.717) is 28.5 Å². The normalized spacial score (nSPS) is 11.1. The Balaban J connectivity index is 1.74. The molecule has 3 aromatic carbocycles. The van der Waals surface area contributed by atoms with Crippen LogP contribution in [0, 0.1) is 5.82 Å². The quantitative estimate of drug-likeness (QED) is 0.400. The van der Waals surface area contributed by atoms with E-state index in [4.69, 9.17) is 4.74 Å². The summed E-state index contributed by atoms with van der Waals surface area (Å²) in [5.41, 5.74) is 4.82. The zero-order valence-electron chi connectivity index (χ0n) is 15.1. The second kappa shape index (κ2) is 7.84. The smallest absolute Gasteiger partial charge is 0.165 e. The van der Waals surface area contributed by atoms with Gasteiger partial charge in [0.25, 0.3) is 0 Å². The largest absolute Gasteiger partial charge is 0.496 e. The minimum absolute atomic E-state index is 0.298. The predicted octanol–water partition coefficient (Wildman–Crippen LogP) is 4.89. The summed E-state index contributed by atoms with van der Waals surface area (Å²) in [6.07, 6.45) is 1.65. The van der Waals surface area contributed by atoms with Crippen molar-refractivity contribution in [1.82, 2.24) is 9.97 Å². The van der Waals surface area contributed by atoms with E-state index >= 15 is 0 Å². The zero-order chi connectivity index (χ0) is 19.3. The van der Waals surface area contributed by atoms with Crippen molar-refractivity contribution in [2.45, 2.75) is 0 Å². The SMILES string of the molecule is COc1ccccc1/C=N/Nc1nc(-c2ccccc2F)nc2ccccc12. The molecule has 0 amide bonds. The van der Waals surface area contributed by atoms with Crippen molar-refractivity contribution in [2.75, 3.05) is 12.5 Å². The van der Waals surface area contributed by atoms with Gasteiger partial charge in [-0.25, -0.2) is 14.4 Å². The Hall–Kier alpha value is -3.80. The van der Waals surface area contributed by atoms with Crippen LogP contribution in [0.5, 0.6) is 5.75 Å². The molecule has 6 heteroatoms. The Morgan fingerprint density at radius 3 is 2.54 bits per heavy atom. The van der Waals surface area contributed by atoms with Gasteiger partial charge in [-0.2, -0.15) is 5.10 Å². The van der Waals surface area contributed by atoms with Gasteiger partial charge in [-0.3, -0.25) is 5.43 Å². The highest BCUT2D eigenvalue weighted by Crippen LogP contribution is 2.26. The number of hydrogen-bond acceptors (Lipinski definition) is 5. The van der Waals surface area contributed by atoms with Crippen molar-refractivity contribution in [3.63, 3.8) is 0 Å². The number of rotatable bonds is 5. The first-order chi connectivity index (χ1) is 13.8. The summed E-state index contributed by atoms with van der Waals surface area (Å²) in [4.78, 5) is 9.00. The van der Waals surface area contributed by atoms with Crippen molar-refractivity contribution < 1.29 is 9.13 Å². The third-order valence-electron chi connectivity index (χ3n) is 4.23. The van der Waals surface area contributed by atoms with Crippen LogP contribution in [0.1, 0.15) is 5.56 Å². The molecular formula is C22H17FN4O. The second-order valence-corrected chi connectivity index (χ2v) is 6.00. The highest BCUT2D eigenvalue weighted by Gasteiger charge is 2.12. The molecule has 0 fully saturated rings. The van der Waals surface area contributed by atoms with Crippen LogP contribution in [0.25, 0.3) is 22.3 Å². The van der Waals surface area contributed by atoms with Crippen LogP contribution in [0.2, 0.25) is 0 Å². The van der Waals surface area contributed by atoms with Crippen LogP contribution in [0.4, 0.5) is 10.2 Å². The number of nitrogens with one attached hydrogen (secondary N) is 1. The number of halogens is 1. The number of aromatic nitrogens is 2. The van der Waals surface area contributed by atoms with E-state index < -0.39 is 0 Å². The summed E-state index contributed by atoms with van der Waals surface area (Å²) in [5, 5.41) is 5.08. The fourth-order valence-corrected chi connectivity index (χ4v) is 2.86. The first-order valence-electron chi connectivity index (χ1n) is 8.70. The third-order valence-corrected chi connectivity index (χ3v) is 4.23. The number of fused-ring (bicyclic) bond motifs is 1. The Labute approximate surface area is 161 Å². The molecule has 5 nitrogen and oxygen atoms in total. The molecule has 4 rings (SSSR count). The van der Waals surface area contributed by atoms with Crippen LogP contribution < -0.4 is 10.2 Å². The fraction of sp³-hybridized carbons (Fsp3) is 0.0455. The van der Waals surface area contributed by atoms with Gasteiger partial charge >= 0.3 is 0 Å². The van der Waals surface area contributed by atoms with Crippen molar-refractivity contribution in [2.24, 2.45) is 5.10 Å². The van der Waals surface area contributed by atoms with Gasteiger partial charge < -0.3 is 4.74 Å². The molecular weight excluding hydrogens is 355 g/mol. The average molecular weight is 372 g/mol. The highest BCUT2D eigenvalue weighted by atomic mass is 19.1. The summed E-state index contributed by atoms with van der Waals surface area (Å²) in [7, 11) is 1.61. The van der Waals surface area contributed by atoms with E-state index in [-0.39, 0.29) is 5.82 Å². The monoisotopic (exact) mass is 372 g/mol. The number of nitrogens with zero attached hydrogens (tertiary/aromatic N) is 3. The van der Waals surface area contributed by atoms with Crippen molar-refractivity contribution in [3.05, 3.63) is 84.2 Å². The number of ether oxygens (including phenoxy) is 1. The van der Waals surface area contributed by atoms with Crippen LogP contribution in [-0.4, -0.2) is 23.3 Å². The summed E-state index contributed by atoms with van der Waals surface area (Å²) < 4.78 is 19.5. The van der Waals surface area contributed by atoms with E-state index in [0.717, 1.165) is 10.9 Å². The molecule has 138 valence electrons. The molecule has 0 bridgehead atoms.